The first-order chi connectivity index (χ1) is 12.7. The highest BCUT2D eigenvalue weighted by atomic mass is 16.5. The Morgan fingerprint density at radius 1 is 1.23 bits per heavy atom. The lowest BCUT2D eigenvalue weighted by molar-refractivity contribution is -0.136. The van der Waals surface area contributed by atoms with Crippen molar-refractivity contribution in [1.82, 2.24) is 9.88 Å². The Morgan fingerprint density at radius 3 is 2.65 bits per heavy atom. The van der Waals surface area contributed by atoms with Gasteiger partial charge in [-0.2, -0.15) is 0 Å². The normalized spacial score (nSPS) is 19.3. The second-order valence-electron chi connectivity index (χ2n) is 6.95. The molecule has 2 aromatic rings. The van der Waals surface area contributed by atoms with Gasteiger partial charge in [0.05, 0.1) is 19.3 Å². The molecule has 0 saturated heterocycles. The highest BCUT2D eigenvalue weighted by Crippen LogP contribution is 2.26. The zero-order valence-electron chi connectivity index (χ0n) is 15.3. The molecule has 1 heterocycles. The lowest BCUT2D eigenvalue weighted by atomic mass is 10.0. The average molecular weight is 353 g/mol. The van der Waals surface area contributed by atoms with Crippen LogP contribution in [0.25, 0.3) is 0 Å². The number of benzene rings is 1. The molecule has 0 radical (unpaired) electrons. The first kappa shape index (κ1) is 18.4. The van der Waals surface area contributed by atoms with Crippen molar-refractivity contribution in [1.29, 1.82) is 0 Å². The van der Waals surface area contributed by atoms with Gasteiger partial charge in [-0.1, -0.05) is 18.2 Å². The Balaban J connectivity index is 1.68. The Bertz CT molecular complexity index is 703. The van der Waals surface area contributed by atoms with E-state index in [0.29, 0.717) is 13.1 Å². The van der Waals surface area contributed by atoms with Crippen LogP contribution in [0.15, 0.2) is 48.7 Å². The quantitative estimate of drug-likeness (QED) is 0.831. The van der Waals surface area contributed by atoms with E-state index < -0.39 is 0 Å². The molecular formula is C21H27N3O2. The third-order valence-corrected chi connectivity index (χ3v) is 5.04. The largest absolute Gasteiger partial charge is 0.497 e. The Hall–Kier alpha value is -2.40. The average Bonchev–Trinajstić information content (AvgIpc) is 3.12. The summed E-state index contributed by atoms with van der Waals surface area (Å²) in [6, 6.07) is 14.0. The van der Waals surface area contributed by atoms with Crippen molar-refractivity contribution in [2.24, 2.45) is 11.7 Å². The molecule has 1 aromatic carbocycles. The van der Waals surface area contributed by atoms with Crippen molar-refractivity contribution < 1.29 is 9.53 Å². The van der Waals surface area contributed by atoms with Gasteiger partial charge in [0.15, 0.2) is 0 Å². The molecule has 1 saturated carbocycles. The molecule has 5 heteroatoms. The fourth-order valence-corrected chi connectivity index (χ4v) is 3.51. The highest BCUT2D eigenvalue weighted by molar-refractivity contribution is 5.79. The van der Waals surface area contributed by atoms with Crippen LogP contribution in [0.2, 0.25) is 0 Å². The van der Waals surface area contributed by atoms with Crippen molar-refractivity contribution >= 4 is 5.91 Å². The molecule has 1 aromatic heterocycles. The van der Waals surface area contributed by atoms with Gasteiger partial charge in [-0.15, -0.1) is 0 Å². The van der Waals surface area contributed by atoms with Crippen molar-refractivity contribution in [2.75, 3.05) is 13.7 Å². The summed E-state index contributed by atoms with van der Waals surface area (Å²) in [6.45, 7) is 1.22. The maximum atomic E-state index is 13.0. The molecule has 0 bridgehead atoms. The predicted octanol–water partition coefficient (Wildman–Crippen LogP) is 2.79. The lowest BCUT2D eigenvalue weighted by Gasteiger charge is -2.25. The van der Waals surface area contributed by atoms with E-state index in [1.165, 1.54) is 5.56 Å². The van der Waals surface area contributed by atoms with Crippen LogP contribution in [0.3, 0.4) is 0 Å². The number of carbonyl (C=O) groups is 1. The minimum atomic E-state index is 0.0459. The van der Waals surface area contributed by atoms with Crippen LogP contribution in [0.4, 0.5) is 0 Å². The van der Waals surface area contributed by atoms with Crippen LogP contribution in [0.1, 0.15) is 30.5 Å². The number of nitrogens with zero attached hydrogens (tertiary/aromatic N) is 2. The second kappa shape index (κ2) is 8.81. The lowest BCUT2D eigenvalue weighted by Crippen LogP contribution is -2.37. The first-order valence-corrected chi connectivity index (χ1v) is 9.23. The molecule has 1 amide bonds. The zero-order valence-corrected chi connectivity index (χ0v) is 15.3. The SMILES string of the molecule is COc1ccc(CCN(Cc2ccccn2)C(=O)[C@H]2CC[C@@H](N)C2)cc1. The van der Waals surface area contributed by atoms with Gasteiger partial charge in [0, 0.05) is 24.7 Å². The smallest absolute Gasteiger partial charge is 0.226 e. The molecular weight excluding hydrogens is 326 g/mol. The van der Waals surface area contributed by atoms with Gasteiger partial charge in [0.1, 0.15) is 5.75 Å². The molecule has 0 spiro atoms. The third kappa shape index (κ3) is 4.82. The summed E-state index contributed by atoms with van der Waals surface area (Å²) >= 11 is 0. The molecule has 0 aliphatic heterocycles. The van der Waals surface area contributed by atoms with Crippen LogP contribution < -0.4 is 10.5 Å². The summed E-state index contributed by atoms with van der Waals surface area (Å²) in [5, 5.41) is 0. The Morgan fingerprint density at radius 2 is 2.04 bits per heavy atom. The number of methoxy groups -OCH3 is 1. The standard InChI is InChI=1S/C21H27N3O2/c1-26-20-9-5-16(6-10-20)11-13-24(15-19-4-2-3-12-23-19)21(25)17-7-8-18(22)14-17/h2-6,9-10,12,17-18H,7-8,11,13-15,22H2,1H3/t17-,18+/m0/s1. The third-order valence-electron chi connectivity index (χ3n) is 5.04. The van der Waals surface area contributed by atoms with Gasteiger partial charge in [0.2, 0.25) is 5.91 Å². The Kier molecular flexibility index (Phi) is 6.23. The van der Waals surface area contributed by atoms with E-state index >= 15 is 0 Å². The van der Waals surface area contributed by atoms with Crippen LogP contribution >= 0.6 is 0 Å². The minimum Gasteiger partial charge on any atom is -0.497 e. The van der Waals surface area contributed by atoms with Gasteiger partial charge >= 0.3 is 0 Å². The van der Waals surface area contributed by atoms with E-state index in [1.807, 2.05) is 47.4 Å². The zero-order chi connectivity index (χ0) is 18.4. The molecule has 1 aliphatic carbocycles. The molecule has 138 valence electrons. The van der Waals surface area contributed by atoms with E-state index in [2.05, 4.69) is 4.98 Å². The van der Waals surface area contributed by atoms with Crippen LogP contribution in [0.5, 0.6) is 5.75 Å². The highest BCUT2D eigenvalue weighted by Gasteiger charge is 2.31. The van der Waals surface area contributed by atoms with E-state index in [0.717, 1.165) is 37.1 Å². The van der Waals surface area contributed by atoms with Crippen LogP contribution in [-0.4, -0.2) is 35.5 Å². The molecule has 5 nitrogen and oxygen atoms in total. The number of amides is 1. The number of hydrogen-bond acceptors (Lipinski definition) is 4. The number of carbonyl (C=O) groups excluding carboxylic acids is 1. The van der Waals surface area contributed by atoms with Gasteiger partial charge in [-0.3, -0.25) is 9.78 Å². The first-order valence-electron chi connectivity index (χ1n) is 9.23. The molecule has 1 aliphatic rings. The maximum absolute atomic E-state index is 13.0. The monoisotopic (exact) mass is 353 g/mol. The van der Waals surface area contributed by atoms with Crippen molar-refractivity contribution in [3.8, 4) is 5.75 Å². The Labute approximate surface area is 155 Å². The van der Waals surface area contributed by atoms with Gasteiger partial charge in [0.25, 0.3) is 0 Å². The van der Waals surface area contributed by atoms with E-state index in [1.54, 1.807) is 13.3 Å². The maximum Gasteiger partial charge on any atom is 0.226 e. The summed E-state index contributed by atoms with van der Waals surface area (Å²) in [5.41, 5.74) is 8.12. The van der Waals surface area contributed by atoms with Crippen molar-refractivity contribution in [3.63, 3.8) is 0 Å². The van der Waals surface area contributed by atoms with Crippen molar-refractivity contribution in [2.45, 2.75) is 38.3 Å². The van der Waals surface area contributed by atoms with E-state index in [-0.39, 0.29) is 17.9 Å². The van der Waals surface area contributed by atoms with E-state index in [4.69, 9.17) is 10.5 Å². The second-order valence-corrected chi connectivity index (χ2v) is 6.95. The number of rotatable bonds is 7. The number of ether oxygens (including phenoxy) is 1. The number of hydrogen-bond donors (Lipinski definition) is 1. The molecule has 2 N–H and O–H groups in total. The predicted molar refractivity (Wildman–Crippen MR) is 102 cm³/mol. The van der Waals surface area contributed by atoms with Gasteiger partial charge in [-0.05, 0) is 55.5 Å². The van der Waals surface area contributed by atoms with Gasteiger partial charge < -0.3 is 15.4 Å². The summed E-state index contributed by atoms with van der Waals surface area (Å²) in [6.07, 6.45) is 5.20. The topological polar surface area (TPSA) is 68.5 Å². The minimum absolute atomic E-state index is 0.0459. The molecule has 2 atom stereocenters. The summed E-state index contributed by atoms with van der Waals surface area (Å²) in [7, 11) is 1.66. The molecule has 0 unspecified atom stereocenters. The fraction of sp³-hybridized carbons (Fsp3) is 0.429. The van der Waals surface area contributed by atoms with E-state index in [9.17, 15) is 4.79 Å². The van der Waals surface area contributed by atoms with Crippen LogP contribution in [-0.2, 0) is 17.8 Å². The number of aromatic nitrogens is 1. The fourth-order valence-electron chi connectivity index (χ4n) is 3.51. The summed E-state index contributed by atoms with van der Waals surface area (Å²) < 4.78 is 5.20. The number of nitrogens with two attached hydrogens (primary N) is 1. The summed E-state index contributed by atoms with van der Waals surface area (Å²) in [5.74, 6) is 1.09. The summed E-state index contributed by atoms with van der Waals surface area (Å²) in [4.78, 5) is 19.4. The molecule has 3 rings (SSSR count). The van der Waals surface area contributed by atoms with Gasteiger partial charge in [-0.25, -0.2) is 0 Å². The molecule has 1 fully saturated rings. The molecule has 26 heavy (non-hydrogen) atoms. The number of pyridine rings is 1. The van der Waals surface area contributed by atoms with Crippen molar-refractivity contribution in [3.05, 3.63) is 59.9 Å². The van der Waals surface area contributed by atoms with Crippen LogP contribution in [0, 0.1) is 5.92 Å².